The van der Waals surface area contributed by atoms with Crippen molar-refractivity contribution in [1.29, 1.82) is 0 Å². The number of rotatable bonds is 2. The third kappa shape index (κ3) is 3.17. The molecule has 1 aromatic rings. The second-order valence-electron chi connectivity index (χ2n) is 5.48. The molecule has 0 aromatic heterocycles. The number of alkyl halides is 3. The molecule has 1 saturated heterocycles. The number of anilines is 2. The molecule has 1 aromatic carbocycles. The second-order valence-corrected chi connectivity index (χ2v) is 5.48. The Labute approximate surface area is 117 Å². The van der Waals surface area contributed by atoms with Crippen molar-refractivity contribution in [3.8, 4) is 0 Å². The van der Waals surface area contributed by atoms with Gasteiger partial charge in [0.15, 0.2) is 0 Å². The van der Waals surface area contributed by atoms with Crippen molar-refractivity contribution >= 4 is 11.4 Å². The molecule has 0 radical (unpaired) electrons. The largest absolute Gasteiger partial charge is 0.418 e. The lowest BCUT2D eigenvalue weighted by molar-refractivity contribution is -0.137. The molecule has 0 bridgehead atoms. The number of piperidine rings is 1. The summed E-state index contributed by atoms with van der Waals surface area (Å²) in [5.41, 5.74) is 5.24. The Hall–Kier alpha value is -1.43. The van der Waals surface area contributed by atoms with E-state index in [1.54, 1.807) is 0 Å². The first kappa shape index (κ1) is 15.0. The Balaban J connectivity index is 2.32. The number of nitrogens with zero attached hydrogens (tertiary/aromatic N) is 2. The van der Waals surface area contributed by atoms with Crippen LogP contribution in [0.4, 0.5) is 24.5 Å². The molecule has 0 aliphatic carbocycles. The third-order valence-electron chi connectivity index (χ3n) is 3.79. The summed E-state index contributed by atoms with van der Waals surface area (Å²) >= 11 is 0. The van der Waals surface area contributed by atoms with Gasteiger partial charge >= 0.3 is 6.18 Å². The van der Waals surface area contributed by atoms with Crippen LogP contribution in [-0.4, -0.2) is 38.1 Å². The van der Waals surface area contributed by atoms with Crippen LogP contribution < -0.4 is 10.6 Å². The normalized spacial score (nSPS) is 20.5. The first-order valence-corrected chi connectivity index (χ1v) is 6.67. The van der Waals surface area contributed by atoms with Gasteiger partial charge in [-0.3, -0.25) is 0 Å². The predicted molar refractivity (Wildman–Crippen MR) is 74.8 cm³/mol. The average molecular weight is 287 g/mol. The van der Waals surface area contributed by atoms with E-state index >= 15 is 0 Å². The third-order valence-corrected chi connectivity index (χ3v) is 3.79. The molecule has 1 unspecified atom stereocenters. The summed E-state index contributed by atoms with van der Waals surface area (Å²) in [7, 11) is 3.92. The minimum Gasteiger partial charge on any atom is -0.399 e. The maximum Gasteiger partial charge on any atom is 0.418 e. The minimum atomic E-state index is -4.38. The Bertz CT molecular complexity index is 471. The average Bonchev–Trinajstić information content (AvgIpc) is 2.37. The van der Waals surface area contributed by atoms with Gasteiger partial charge in [-0.1, -0.05) is 0 Å². The molecule has 0 saturated carbocycles. The highest BCUT2D eigenvalue weighted by molar-refractivity contribution is 5.61. The van der Waals surface area contributed by atoms with Crippen molar-refractivity contribution in [3.63, 3.8) is 0 Å². The zero-order chi connectivity index (χ0) is 14.9. The zero-order valence-corrected chi connectivity index (χ0v) is 11.7. The van der Waals surface area contributed by atoms with Gasteiger partial charge in [0, 0.05) is 30.5 Å². The number of hydrogen-bond acceptors (Lipinski definition) is 3. The van der Waals surface area contributed by atoms with Crippen LogP contribution in [0, 0.1) is 0 Å². The smallest absolute Gasteiger partial charge is 0.399 e. The molecule has 0 spiro atoms. The van der Waals surface area contributed by atoms with E-state index in [2.05, 4.69) is 4.90 Å². The minimum absolute atomic E-state index is 0.141. The van der Waals surface area contributed by atoms with Crippen LogP contribution in [0.1, 0.15) is 18.4 Å². The number of hydrogen-bond donors (Lipinski definition) is 1. The van der Waals surface area contributed by atoms with Gasteiger partial charge < -0.3 is 15.5 Å². The van der Waals surface area contributed by atoms with Gasteiger partial charge in [0.1, 0.15) is 0 Å². The molecule has 1 aliphatic rings. The van der Waals surface area contributed by atoms with Gasteiger partial charge in [-0.2, -0.15) is 13.2 Å². The lowest BCUT2D eigenvalue weighted by atomic mass is 10.0. The van der Waals surface area contributed by atoms with E-state index in [1.165, 1.54) is 12.1 Å². The standard InChI is InChI=1S/C14H20F3N3/c1-19(2)11-4-3-7-20(9-11)13-6-5-10(18)8-12(13)14(15,16)17/h5-6,8,11H,3-4,7,9,18H2,1-2H3. The fourth-order valence-corrected chi connectivity index (χ4v) is 2.65. The molecule has 1 atom stereocenters. The van der Waals surface area contributed by atoms with Gasteiger partial charge in [-0.15, -0.1) is 0 Å². The van der Waals surface area contributed by atoms with E-state index in [9.17, 15) is 13.2 Å². The predicted octanol–water partition coefficient (Wildman–Crippen LogP) is 2.82. The highest BCUT2D eigenvalue weighted by Crippen LogP contribution is 2.38. The van der Waals surface area contributed by atoms with E-state index in [4.69, 9.17) is 5.73 Å². The first-order valence-electron chi connectivity index (χ1n) is 6.67. The first-order chi connectivity index (χ1) is 9.29. The SMILES string of the molecule is CN(C)C1CCCN(c2ccc(N)cc2C(F)(F)F)C1. The molecule has 112 valence electrons. The van der Waals surface area contributed by atoms with E-state index < -0.39 is 11.7 Å². The van der Waals surface area contributed by atoms with Crippen molar-refractivity contribution in [3.05, 3.63) is 23.8 Å². The van der Waals surface area contributed by atoms with Crippen LogP contribution in [0.25, 0.3) is 0 Å². The topological polar surface area (TPSA) is 32.5 Å². The van der Waals surface area contributed by atoms with E-state index in [-0.39, 0.29) is 17.4 Å². The summed E-state index contributed by atoms with van der Waals surface area (Å²) in [5.74, 6) is 0. The summed E-state index contributed by atoms with van der Waals surface area (Å²) in [6, 6.07) is 4.32. The Morgan fingerprint density at radius 3 is 2.60 bits per heavy atom. The molecule has 0 amide bonds. The van der Waals surface area contributed by atoms with Crippen molar-refractivity contribution in [1.82, 2.24) is 4.90 Å². The van der Waals surface area contributed by atoms with E-state index in [1.807, 2.05) is 19.0 Å². The fraction of sp³-hybridized carbons (Fsp3) is 0.571. The quantitative estimate of drug-likeness (QED) is 0.849. The summed E-state index contributed by atoms with van der Waals surface area (Å²) in [4.78, 5) is 3.88. The fourth-order valence-electron chi connectivity index (χ4n) is 2.65. The molecule has 1 heterocycles. The molecular weight excluding hydrogens is 267 g/mol. The van der Waals surface area contributed by atoms with Crippen molar-refractivity contribution in [2.24, 2.45) is 0 Å². The lowest BCUT2D eigenvalue weighted by Crippen LogP contribution is -2.45. The van der Waals surface area contributed by atoms with Crippen molar-refractivity contribution < 1.29 is 13.2 Å². The van der Waals surface area contributed by atoms with Crippen molar-refractivity contribution in [2.75, 3.05) is 37.8 Å². The van der Waals surface area contributed by atoms with Gasteiger partial charge in [-0.25, -0.2) is 0 Å². The van der Waals surface area contributed by atoms with Crippen LogP contribution in [-0.2, 0) is 6.18 Å². The number of likely N-dealkylation sites (N-methyl/N-ethyl adjacent to an activating group) is 1. The van der Waals surface area contributed by atoms with Crippen molar-refractivity contribution in [2.45, 2.75) is 25.1 Å². The Morgan fingerprint density at radius 2 is 2.00 bits per heavy atom. The maximum absolute atomic E-state index is 13.1. The number of nitrogen functional groups attached to an aromatic ring is 1. The number of benzene rings is 1. The van der Waals surface area contributed by atoms with Crippen LogP contribution in [0.3, 0.4) is 0 Å². The van der Waals surface area contributed by atoms with Gasteiger partial charge in [0.2, 0.25) is 0 Å². The van der Waals surface area contributed by atoms with E-state index in [0.717, 1.165) is 18.9 Å². The molecule has 2 rings (SSSR count). The van der Waals surface area contributed by atoms with Crippen LogP contribution in [0.15, 0.2) is 18.2 Å². The molecule has 6 heteroatoms. The molecular formula is C14H20F3N3. The maximum atomic E-state index is 13.1. The van der Waals surface area contributed by atoms with E-state index in [0.29, 0.717) is 13.1 Å². The Morgan fingerprint density at radius 1 is 1.30 bits per heavy atom. The molecule has 2 N–H and O–H groups in total. The van der Waals surface area contributed by atoms with Crippen LogP contribution >= 0.6 is 0 Å². The molecule has 1 aliphatic heterocycles. The summed E-state index contributed by atoms with van der Waals surface area (Å²) in [5, 5.41) is 0. The van der Waals surface area contributed by atoms with Crippen LogP contribution in [0.5, 0.6) is 0 Å². The second kappa shape index (κ2) is 5.52. The monoisotopic (exact) mass is 287 g/mol. The van der Waals surface area contributed by atoms with Gasteiger partial charge in [0.05, 0.1) is 5.56 Å². The summed E-state index contributed by atoms with van der Waals surface area (Å²) < 4.78 is 39.4. The summed E-state index contributed by atoms with van der Waals surface area (Å²) in [6.07, 6.45) is -2.47. The highest BCUT2D eigenvalue weighted by atomic mass is 19.4. The molecule has 1 fully saturated rings. The number of nitrogens with two attached hydrogens (primary N) is 1. The van der Waals surface area contributed by atoms with Gasteiger partial charge in [-0.05, 0) is 45.1 Å². The van der Waals surface area contributed by atoms with Crippen LogP contribution in [0.2, 0.25) is 0 Å². The molecule has 3 nitrogen and oxygen atoms in total. The Kier molecular flexibility index (Phi) is 4.13. The number of halogens is 3. The summed E-state index contributed by atoms with van der Waals surface area (Å²) in [6.45, 7) is 1.26. The van der Waals surface area contributed by atoms with Gasteiger partial charge in [0.25, 0.3) is 0 Å². The zero-order valence-electron chi connectivity index (χ0n) is 11.7. The molecule has 20 heavy (non-hydrogen) atoms. The highest BCUT2D eigenvalue weighted by Gasteiger charge is 2.36. The lowest BCUT2D eigenvalue weighted by Gasteiger charge is -2.38.